The van der Waals surface area contributed by atoms with Crippen LogP contribution in [0, 0.1) is 0 Å². The Labute approximate surface area is 198 Å². The maximum Gasteiger partial charge on any atom is 0.337 e. The number of ether oxygens (including phenoxy) is 2. The summed E-state index contributed by atoms with van der Waals surface area (Å²) in [5.41, 5.74) is 5.58. The highest BCUT2D eigenvalue weighted by Gasteiger charge is 2.23. The minimum Gasteiger partial charge on any atom is -0.493 e. The number of aromatic carboxylic acids is 1. The van der Waals surface area contributed by atoms with Crippen LogP contribution in [0.2, 0.25) is 0 Å². The van der Waals surface area contributed by atoms with Crippen LogP contribution >= 0.6 is 0 Å². The van der Waals surface area contributed by atoms with Gasteiger partial charge in [0.15, 0.2) is 11.5 Å². The Morgan fingerprint density at radius 3 is 2.82 bits per heavy atom. The van der Waals surface area contributed by atoms with Crippen molar-refractivity contribution >= 4 is 11.6 Å². The molecule has 0 radical (unpaired) electrons. The van der Waals surface area contributed by atoms with E-state index in [1.54, 1.807) is 25.4 Å². The Hall–Kier alpha value is -3.84. The molecule has 1 aliphatic heterocycles. The van der Waals surface area contributed by atoms with Crippen LogP contribution in [-0.4, -0.2) is 34.1 Å². The lowest BCUT2D eigenvalue weighted by Gasteiger charge is -2.28. The van der Waals surface area contributed by atoms with Crippen LogP contribution in [0.4, 0.5) is 0 Å². The van der Waals surface area contributed by atoms with Gasteiger partial charge in [0.05, 0.1) is 12.7 Å². The van der Waals surface area contributed by atoms with Gasteiger partial charge in [-0.25, -0.2) is 9.78 Å². The van der Waals surface area contributed by atoms with Crippen molar-refractivity contribution in [2.45, 2.75) is 31.9 Å². The van der Waals surface area contributed by atoms with Crippen molar-refractivity contribution in [1.82, 2.24) is 14.7 Å². The van der Waals surface area contributed by atoms with Crippen LogP contribution < -0.4 is 14.8 Å². The molecular weight excluding hydrogens is 430 g/mol. The predicted molar refractivity (Wildman–Crippen MR) is 129 cm³/mol. The van der Waals surface area contributed by atoms with E-state index < -0.39 is 5.97 Å². The van der Waals surface area contributed by atoms with E-state index in [2.05, 4.69) is 22.4 Å². The third-order valence-corrected chi connectivity index (χ3v) is 6.34. The average molecular weight is 458 g/mol. The molecule has 2 aromatic heterocycles. The van der Waals surface area contributed by atoms with Gasteiger partial charge in [0.1, 0.15) is 12.3 Å². The summed E-state index contributed by atoms with van der Waals surface area (Å²) < 4.78 is 13.6. The van der Waals surface area contributed by atoms with Gasteiger partial charge >= 0.3 is 5.97 Å². The Morgan fingerprint density at radius 2 is 2.03 bits per heavy atom. The van der Waals surface area contributed by atoms with Gasteiger partial charge < -0.3 is 24.3 Å². The highest BCUT2D eigenvalue weighted by molar-refractivity contribution is 5.87. The summed E-state index contributed by atoms with van der Waals surface area (Å²) in [6.07, 6.45) is 6.00. The van der Waals surface area contributed by atoms with Gasteiger partial charge in [-0.15, -0.1) is 0 Å². The lowest BCUT2D eigenvalue weighted by Crippen LogP contribution is -2.30. The first kappa shape index (κ1) is 22.0. The van der Waals surface area contributed by atoms with Crippen molar-refractivity contribution in [3.05, 3.63) is 94.9 Å². The van der Waals surface area contributed by atoms with E-state index in [1.807, 2.05) is 40.9 Å². The number of imidazole rings is 1. The van der Waals surface area contributed by atoms with Crippen molar-refractivity contribution < 1.29 is 19.4 Å². The van der Waals surface area contributed by atoms with E-state index in [-0.39, 0.29) is 11.6 Å². The van der Waals surface area contributed by atoms with E-state index in [9.17, 15) is 9.90 Å². The molecule has 5 rings (SSSR count). The number of aryl methyl sites for hydroxylation is 1. The summed E-state index contributed by atoms with van der Waals surface area (Å²) in [6, 6.07) is 17.8. The first-order chi connectivity index (χ1) is 16.6. The molecule has 1 atom stereocenters. The molecule has 7 nitrogen and oxygen atoms in total. The minimum atomic E-state index is -0.943. The standard InChI is InChI=1S/C27H27N3O4/c1-33-24-14-22-19(13-25(24)34-17-18-5-3-2-4-6-18)11-12-28-23(22)9-8-21-15-29-26-10-7-20(27(31)32)16-30(21)26/h2-7,10,13-16,23,28H,8-9,11-12,17H2,1H3,(H,31,32). The molecule has 3 heterocycles. The van der Waals surface area contributed by atoms with Crippen molar-refractivity contribution in [1.29, 1.82) is 0 Å². The summed E-state index contributed by atoms with van der Waals surface area (Å²) in [6.45, 7) is 1.38. The molecule has 0 aliphatic carbocycles. The van der Waals surface area contributed by atoms with Gasteiger partial charge in [-0.3, -0.25) is 0 Å². The zero-order valence-electron chi connectivity index (χ0n) is 19.0. The van der Waals surface area contributed by atoms with Crippen molar-refractivity contribution in [3.8, 4) is 11.5 Å². The Kier molecular flexibility index (Phi) is 6.18. The predicted octanol–water partition coefficient (Wildman–Crippen LogP) is 4.44. The highest BCUT2D eigenvalue weighted by atomic mass is 16.5. The number of carbonyl (C=O) groups is 1. The summed E-state index contributed by atoms with van der Waals surface area (Å²) in [7, 11) is 1.67. The van der Waals surface area contributed by atoms with Crippen molar-refractivity contribution in [2.24, 2.45) is 0 Å². The van der Waals surface area contributed by atoms with Crippen molar-refractivity contribution in [2.75, 3.05) is 13.7 Å². The first-order valence-corrected chi connectivity index (χ1v) is 11.4. The van der Waals surface area contributed by atoms with Crippen LogP contribution in [0.25, 0.3) is 5.65 Å². The second-order valence-corrected chi connectivity index (χ2v) is 8.47. The lowest BCUT2D eigenvalue weighted by molar-refractivity contribution is 0.0696. The number of carboxylic acid groups (broad SMARTS) is 1. The fourth-order valence-corrected chi connectivity index (χ4v) is 4.55. The molecule has 4 aromatic rings. The average Bonchev–Trinajstić information content (AvgIpc) is 3.28. The highest BCUT2D eigenvalue weighted by Crippen LogP contribution is 2.37. The van der Waals surface area contributed by atoms with Gasteiger partial charge in [-0.05, 0) is 66.8 Å². The molecular formula is C27H27N3O4. The first-order valence-electron chi connectivity index (χ1n) is 11.4. The second kappa shape index (κ2) is 9.57. The Bertz CT molecular complexity index is 1320. The second-order valence-electron chi connectivity index (χ2n) is 8.47. The number of hydrogen-bond donors (Lipinski definition) is 2. The van der Waals surface area contributed by atoms with Crippen LogP contribution in [0.3, 0.4) is 0 Å². The number of nitrogens with zero attached hydrogens (tertiary/aromatic N) is 2. The van der Waals surface area contributed by atoms with Crippen LogP contribution in [0.1, 0.15) is 45.2 Å². The molecule has 34 heavy (non-hydrogen) atoms. The molecule has 174 valence electrons. The van der Waals surface area contributed by atoms with Crippen molar-refractivity contribution in [3.63, 3.8) is 0 Å². The van der Waals surface area contributed by atoms with Crippen LogP contribution in [0.15, 0.2) is 67.0 Å². The molecule has 1 unspecified atom stereocenters. The molecule has 2 N–H and O–H groups in total. The summed E-state index contributed by atoms with van der Waals surface area (Å²) in [4.78, 5) is 15.8. The number of nitrogens with one attached hydrogen (secondary N) is 1. The number of rotatable bonds is 8. The maximum absolute atomic E-state index is 11.4. The van der Waals surface area contributed by atoms with E-state index in [0.717, 1.165) is 54.2 Å². The van der Waals surface area contributed by atoms with Crippen LogP contribution in [-0.2, 0) is 19.4 Å². The van der Waals surface area contributed by atoms with Gasteiger partial charge in [0, 0.05) is 24.1 Å². The number of benzene rings is 2. The molecule has 0 fully saturated rings. The topological polar surface area (TPSA) is 85.1 Å². The monoisotopic (exact) mass is 457 g/mol. The third kappa shape index (κ3) is 4.47. The van der Waals surface area contributed by atoms with Gasteiger partial charge in [-0.1, -0.05) is 30.3 Å². The quantitative estimate of drug-likeness (QED) is 0.407. The number of aromatic nitrogens is 2. The maximum atomic E-state index is 11.4. The molecule has 0 spiro atoms. The van der Waals surface area contributed by atoms with Gasteiger partial charge in [-0.2, -0.15) is 0 Å². The van der Waals surface area contributed by atoms with E-state index in [1.165, 1.54) is 11.1 Å². The summed E-state index contributed by atoms with van der Waals surface area (Å²) in [5, 5.41) is 12.9. The molecule has 0 saturated carbocycles. The normalized spacial score (nSPS) is 15.1. The molecule has 2 aromatic carbocycles. The fraction of sp³-hybridized carbons (Fsp3) is 0.259. The number of methoxy groups -OCH3 is 1. The zero-order chi connectivity index (χ0) is 23.5. The number of fused-ring (bicyclic) bond motifs is 2. The summed E-state index contributed by atoms with van der Waals surface area (Å²) >= 11 is 0. The number of pyridine rings is 1. The van der Waals surface area contributed by atoms with E-state index in [0.29, 0.717) is 6.61 Å². The largest absolute Gasteiger partial charge is 0.493 e. The molecule has 0 amide bonds. The van der Waals surface area contributed by atoms with Gasteiger partial charge in [0.2, 0.25) is 0 Å². The van der Waals surface area contributed by atoms with E-state index in [4.69, 9.17) is 9.47 Å². The molecule has 7 heteroatoms. The third-order valence-electron chi connectivity index (χ3n) is 6.34. The summed E-state index contributed by atoms with van der Waals surface area (Å²) in [5.74, 6) is 0.542. The molecule has 1 aliphatic rings. The molecule has 0 bridgehead atoms. The lowest BCUT2D eigenvalue weighted by atomic mass is 9.90. The number of hydrogen-bond acceptors (Lipinski definition) is 5. The van der Waals surface area contributed by atoms with Crippen LogP contribution in [0.5, 0.6) is 11.5 Å². The minimum absolute atomic E-state index is 0.161. The van der Waals surface area contributed by atoms with E-state index >= 15 is 0 Å². The fourth-order valence-electron chi connectivity index (χ4n) is 4.55. The number of carboxylic acids is 1. The Balaban J connectivity index is 1.35. The Morgan fingerprint density at radius 1 is 1.18 bits per heavy atom. The molecule has 0 saturated heterocycles. The smallest absolute Gasteiger partial charge is 0.337 e. The zero-order valence-corrected chi connectivity index (χ0v) is 19.0. The van der Waals surface area contributed by atoms with Gasteiger partial charge in [0.25, 0.3) is 0 Å². The SMILES string of the molecule is COc1cc2c(cc1OCc1ccccc1)CCNC2CCc1cnc2ccc(C(=O)O)cn12.